The molecule has 0 N–H and O–H groups in total. The molecule has 0 aliphatic heterocycles. The average Bonchev–Trinajstić information content (AvgIpc) is 3.73. The average molecular weight is 730 g/mol. The molecule has 1 aromatic heterocycles. The third-order valence-corrected chi connectivity index (χ3v) is 15.2. The van der Waals surface area contributed by atoms with Crippen molar-refractivity contribution in [1.82, 2.24) is 0 Å². The highest BCUT2D eigenvalue weighted by Crippen LogP contribution is 2.62. The Kier molecular flexibility index (Phi) is 7.22. The van der Waals surface area contributed by atoms with Gasteiger partial charge in [-0.15, -0.1) is 0 Å². The van der Waals surface area contributed by atoms with Crippen LogP contribution in [-0.4, -0.2) is 0 Å². The number of furan rings is 1. The number of hydrogen-bond donors (Lipinski definition) is 0. The molecule has 0 radical (unpaired) electrons. The molecule has 7 aromatic rings. The minimum absolute atomic E-state index is 0.0975. The Morgan fingerprint density at radius 1 is 0.500 bits per heavy atom. The molecular weight excluding hydrogens is 679 g/mol. The third kappa shape index (κ3) is 4.87. The van der Waals surface area contributed by atoms with E-state index in [0.29, 0.717) is 0 Å². The predicted octanol–water partition coefficient (Wildman–Crippen LogP) is 14.8. The van der Waals surface area contributed by atoms with E-state index in [1.54, 1.807) is 0 Å². The summed E-state index contributed by atoms with van der Waals surface area (Å²) in [5.74, 6) is 2.66. The van der Waals surface area contributed by atoms with E-state index in [1.165, 1.54) is 130 Å². The molecule has 0 saturated heterocycles. The zero-order valence-electron chi connectivity index (χ0n) is 32.9. The fourth-order valence-corrected chi connectivity index (χ4v) is 13.1. The van der Waals surface area contributed by atoms with Crippen LogP contribution < -0.4 is 4.90 Å². The highest BCUT2D eigenvalue weighted by molar-refractivity contribution is 6.11. The first-order valence-corrected chi connectivity index (χ1v) is 21.6. The van der Waals surface area contributed by atoms with Gasteiger partial charge in [-0.1, -0.05) is 111 Å². The highest BCUT2D eigenvalue weighted by atomic mass is 16.3. The summed E-state index contributed by atoms with van der Waals surface area (Å²) < 4.78 is 7.38. The van der Waals surface area contributed by atoms with Gasteiger partial charge in [0.25, 0.3) is 0 Å². The van der Waals surface area contributed by atoms with Crippen molar-refractivity contribution in [2.75, 3.05) is 4.90 Å². The van der Waals surface area contributed by atoms with Crippen molar-refractivity contribution in [2.45, 2.75) is 95.3 Å². The van der Waals surface area contributed by atoms with Crippen LogP contribution in [0, 0.1) is 17.8 Å². The summed E-state index contributed by atoms with van der Waals surface area (Å²) in [6.45, 7) is 4.78. The normalized spacial score (nSPS) is 24.2. The molecule has 2 heteroatoms. The second-order valence-electron chi connectivity index (χ2n) is 18.9. The van der Waals surface area contributed by atoms with E-state index in [-0.39, 0.29) is 10.8 Å². The summed E-state index contributed by atoms with van der Waals surface area (Å²) in [5, 5.41) is 2.49. The Morgan fingerprint density at radius 2 is 1.09 bits per heavy atom. The van der Waals surface area contributed by atoms with Crippen LogP contribution in [0.4, 0.5) is 17.1 Å². The molecular formula is C54H51NO. The Hall–Kier alpha value is -5.08. The molecule has 0 atom stereocenters. The first-order chi connectivity index (χ1) is 27.4. The van der Waals surface area contributed by atoms with Crippen molar-refractivity contribution in [1.29, 1.82) is 0 Å². The van der Waals surface area contributed by atoms with Crippen LogP contribution in [0.5, 0.6) is 0 Å². The topological polar surface area (TPSA) is 16.4 Å². The maximum absolute atomic E-state index is 7.38. The molecule has 13 rings (SSSR count). The molecule has 2 nitrogen and oxygen atoms in total. The van der Waals surface area contributed by atoms with Gasteiger partial charge in [-0.05, 0) is 162 Å². The molecule has 0 spiro atoms. The number of anilines is 3. The summed E-state index contributed by atoms with van der Waals surface area (Å²) in [6, 6.07) is 46.6. The standard InChI is InChI=1S/C54H51NO/c1-53(2)47-19-9-8-16-43(47)44-25-23-40(30-49(44)53)55(39-22-24-42-38(29-39)14-5-3-4-12-37-13-6-7-15-41(37)42)50-21-11-18-46-45-17-10-20-48(51(45)56-52(46)50)54-31-34-26-35(32-54)28-36(27-34)33-54/h6-11,13,15-25,29-30,34-36H,3-5,12,14,26-28,31-33H2,1-2H3. The summed E-state index contributed by atoms with van der Waals surface area (Å²) in [6.07, 6.45) is 14.3. The molecule has 56 heavy (non-hydrogen) atoms. The summed E-state index contributed by atoms with van der Waals surface area (Å²) in [5.41, 5.74) is 18.5. The monoisotopic (exact) mass is 729 g/mol. The number of hydrogen-bond acceptors (Lipinski definition) is 2. The molecule has 6 aliphatic carbocycles. The molecule has 4 saturated carbocycles. The van der Waals surface area contributed by atoms with Gasteiger partial charge < -0.3 is 9.32 Å². The highest BCUT2D eigenvalue weighted by Gasteiger charge is 2.52. The Labute approximate surface area is 331 Å². The first kappa shape index (κ1) is 33.1. The van der Waals surface area contributed by atoms with E-state index < -0.39 is 0 Å². The van der Waals surface area contributed by atoms with Crippen LogP contribution in [0.3, 0.4) is 0 Å². The summed E-state index contributed by atoms with van der Waals surface area (Å²) in [4.78, 5) is 2.52. The molecule has 4 bridgehead atoms. The molecule has 0 amide bonds. The van der Waals surface area contributed by atoms with E-state index in [9.17, 15) is 0 Å². The zero-order valence-corrected chi connectivity index (χ0v) is 32.9. The lowest BCUT2D eigenvalue weighted by Crippen LogP contribution is -2.48. The Bertz CT molecular complexity index is 2670. The number of benzene rings is 6. The van der Waals surface area contributed by atoms with E-state index in [2.05, 4.69) is 140 Å². The molecule has 6 aromatic carbocycles. The lowest BCUT2D eigenvalue weighted by Gasteiger charge is -2.57. The second-order valence-corrected chi connectivity index (χ2v) is 18.9. The Morgan fingerprint density at radius 3 is 1.88 bits per heavy atom. The quantitative estimate of drug-likeness (QED) is 0.179. The van der Waals surface area contributed by atoms with Gasteiger partial charge >= 0.3 is 0 Å². The van der Waals surface area contributed by atoms with Gasteiger partial charge in [0.2, 0.25) is 0 Å². The van der Waals surface area contributed by atoms with Gasteiger partial charge in [-0.25, -0.2) is 0 Å². The third-order valence-electron chi connectivity index (χ3n) is 15.2. The smallest absolute Gasteiger partial charge is 0.159 e. The van der Waals surface area contributed by atoms with Gasteiger partial charge in [0.1, 0.15) is 5.58 Å². The van der Waals surface area contributed by atoms with Crippen LogP contribution in [-0.2, 0) is 23.7 Å². The molecule has 0 unspecified atom stereocenters. The SMILES string of the molecule is CC1(C)c2ccccc2-c2ccc(N(c3ccc4c(c3)CCCCCc3ccccc3-4)c3cccc4c3oc3c(C56CC7CC(CC(C7)C5)C6)cccc34)cc21. The van der Waals surface area contributed by atoms with Crippen molar-refractivity contribution in [3.05, 3.63) is 149 Å². The molecule has 4 fully saturated rings. The van der Waals surface area contributed by atoms with Gasteiger partial charge in [0.05, 0.1) is 5.69 Å². The van der Waals surface area contributed by atoms with Gasteiger partial charge in [-0.3, -0.25) is 0 Å². The minimum atomic E-state index is -0.0975. The molecule has 1 heterocycles. The van der Waals surface area contributed by atoms with Crippen LogP contribution >= 0.6 is 0 Å². The van der Waals surface area contributed by atoms with E-state index >= 15 is 0 Å². The number of aryl methyl sites for hydroxylation is 2. The van der Waals surface area contributed by atoms with Crippen LogP contribution in [0.15, 0.2) is 126 Å². The van der Waals surface area contributed by atoms with Crippen LogP contribution in [0.1, 0.15) is 99.5 Å². The van der Waals surface area contributed by atoms with Gasteiger partial charge in [0.15, 0.2) is 5.58 Å². The van der Waals surface area contributed by atoms with Crippen molar-refractivity contribution in [2.24, 2.45) is 17.8 Å². The fraction of sp³-hybridized carbons (Fsp3) is 0.333. The number of rotatable bonds is 4. The maximum Gasteiger partial charge on any atom is 0.159 e. The number of fused-ring (bicyclic) bond motifs is 9. The number of para-hydroxylation sites is 2. The number of nitrogens with zero attached hydrogens (tertiary/aromatic N) is 1. The summed E-state index contributed by atoms with van der Waals surface area (Å²) >= 11 is 0. The largest absolute Gasteiger partial charge is 0.454 e. The van der Waals surface area contributed by atoms with Crippen molar-refractivity contribution >= 4 is 39.0 Å². The lowest BCUT2D eigenvalue weighted by molar-refractivity contribution is -0.00485. The lowest BCUT2D eigenvalue weighted by atomic mass is 9.48. The van der Waals surface area contributed by atoms with Crippen molar-refractivity contribution in [3.8, 4) is 22.3 Å². The Balaban J connectivity index is 1.07. The fourth-order valence-electron chi connectivity index (χ4n) is 13.1. The molecule has 6 aliphatic rings. The van der Waals surface area contributed by atoms with E-state index in [1.807, 2.05) is 0 Å². The minimum Gasteiger partial charge on any atom is -0.454 e. The summed E-state index contributed by atoms with van der Waals surface area (Å²) in [7, 11) is 0. The van der Waals surface area contributed by atoms with Crippen LogP contribution in [0.25, 0.3) is 44.2 Å². The predicted molar refractivity (Wildman–Crippen MR) is 233 cm³/mol. The van der Waals surface area contributed by atoms with Crippen LogP contribution in [0.2, 0.25) is 0 Å². The van der Waals surface area contributed by atoms with E-state index in [0.717, 1.165) is 47.4 Å². The van der Waals surface area contributed by atoms with Gasteiger partial charge in [0, 0.05) is 33.1 Å². The zero-order chi connectivity index (χ0) is 37.2. The van der Waals surface area contributed by atoms with Crippen molar-refractivity contribution < 1.29 is 4.42 Å². The van der Waals surface area contributed by atoms with Gasteiger partial charge in [-0.2, -0.15) is 0 Å². The van der Waals surface area contributed by atoms with E-state index in [4.69, 9.17) is 4.42 Å². The maximum atomic E-state index is 7.38. The first-order valence-electron chi connectivity index (χ1n) is 21.6. The second kappa shape index (κ2) is 12.2. The molecule has 278 valence electrons. The van der Waals surface area contributed by atoms with Crippen molar-refractivity contribution in [3.63, 3.8) is 0 Å².